The van der Waals surface area contributed by atoms with Gasteiger partial charge < -0.3 is 71.1 Å². The van der Waals surface area contributed by atoms with Gasteiger partial charge in [0.05, 0.1) is 119 Å². The Morgan fingerprint density at radius 2 is 0.537 bits per heavy atom. The molecule has 5 rings (SSSR count). The molecule has 540 valence electrons. The quantitative estimate of drug-likeness (QED) is 0.0387. The Morgan fingerprint density at radius 1 is 0.284 bits per heavy atom. The van der Waals surface area contributed by atoms with Crippen LogP contribution in [0.15, 0.2) is 36.4 Å². The molecule has 2 aromatic heterocycles. The zero-order valence-electron chi connectivity index (χ0n) is 60.3. The molecule has 2 aromatic carbocycles. The Balaban J connectivity index is 1.46. The van der Waals surface area contributed by atoms with E-state index in [0.29, 0.717) is 136 Å². The van der Waals surface area contributed by atoms with Crippen LogP contribution in [0, 0.1) is 13.8 Å². The lowest BCUT2D eigenvalue weighted by Gasteiger charge is -2.19. The van der Waals surface area contributed by atoms with Gasteiger partial charge in [0, 0.05) is 40.8 Å². The molecule has 0 atom stereocenters. The van der Waals surface area contributed by atoms with Crippen LogP contribution in [0.2, 0.25) is 0 Å². The maximum Gasteiger partial charge on any atom is 0.203 e. The van der Waals surface area contributed by atoms with E-state index in [1.54, 1.807) is 32.7 Å². The fraction of sp³-hybridized carbons (Fsp3) is 0.718. The van der Waals surface area contributed by atoms with E-state index in [0.717, 1.165) is 71.8 Å². The van der Waals surface area contributed by atoms with E-state index in [-0.39, 0.29) is 19.8 Å². The van der Waals surface area contributed by atoms with Gasteiger partial charge in [-0.3, -0.25) is 0 Å². The van der Waals surface area contributed by atoms with Crippen LogP contribution in [0.25, 0.3) is 32.0 Å². The van der Waals surface area contributed by atoms with Crippen LogP contribution in [0.5, 0.6) is 34.5 Å². The van der Waals surface area contributed by atoms with Gasteiger partial charge in [-0.1, -0.05) is 156 Å². The minimum atomic E-state index is 0.263. The van der Waals surface area contributed by atoms with E-state index in [9.17, 15) is 0 Å². The zero-order chi connectivity index (χ0) is 67.4. The molecule has 0 aliphatic heterocycles. The number of hydrogen-bond acceptors (Lipinski definition) is 17. The largest absolute Gasteiger partial charge is 0.490 e. The molecule has 1 aliphatic carbocycles. The number of unbranched alkanes of at least 4 members (excludes halogenated alkanes) is 21. The van der Waals surface area contributed by atoms with E-state index in [2.05, 4.69) is 71.0 Å². The van der Waals surface area contributed by atoms with Gasteiger partial charge in [0.2, 0.25) is 11.5 Å². The molecular formula is C78H126O15S2. The molecule has 0 N–H and O–H groups in total. The molecule has 0 saturated heterocycles. The molecule has 2 heterocycles. The highest BCUT2D eigenvalue weighted by Gasteiger charge is 2.26. The minimum absolute atomic E-state index is 0.263. The number of benzene rings is 2. The number of methoxy groups -OCH3 is 3. The molecular weight excluding hydrogens is 1240 g/mol. The normalized spacial score (nSPS) is 12.4. The van der Waals surface area contributed by atoms with Crippen LogP contribution in [-0.2, 0) is 42.6 Å². The number of thiophene rings is 2. The lowest BCUT2D eigenvalue weighted by atomic mass is 9.96. The van der Waals surface area contributed by atoms with E-state index >= 15 is 0 Å². The summed E-state index contributed by atoms with van der Waals surface area (Å²) in [6.07, 6.45) is 33.1. The van der Waals surface area contributed by atoms with Gasteiger partial charge in [0.1, 0.15) is 19.8 Å². The molecule has 0 unspecified atom stereocenters. The standard InChI is InChI=1S/C78H126O15S2/c1-9-12-15-18-21-24-27-30-36-88-71-57-65(58-72(89-37-31-28-25-22-19-16-13-10-2)77(71)92-38-32-29-26-23-20-17-14-11-3)75-61-69(63(4)94-75)67-34-33-35-68(67)70-62-76(95-64(70)5)66-59-73(90-54-51-85-48-45-82-42-39-79-6)78(93-56-53-87-50-47-84-44-41-81-8)74(60-66)91-55-52-86-49-46-83-43-40-80-7/h57-62H,9-56H2,1-8H3. The summed E-state index contributed by atoms with van der Waals surface area (Å²) in [6, 6.07) is 13.4. The summed E-state index contributed by atoms with van der Waals surface area (Å²) in [5, 5.41) is 0. The number of hydrogen-bond donors (Lipinski definition) is 0. The summed E-state index contributed by atoms with van der Waals surface area (Å²) in [5.41, 5.74) is 7.53. The topological polar surface area (TPSA) is 138 Å². The van der Waals surface area contributed by atoms with Crippen molar-refractivity contribution in [3.8, 4) is 55.4 Å². The van der Waals surface area contributed by atoms with Crippen LogP contribution < -0.4 is 28.4 Å². The predicted molar refractivity (Wildman–Crippen MR) is 391 cm³/mol. The minimum Gasteiger partial charge on any atom is -0.490 e. The number of aryl methyl sites for hydroxylation is 2. The molecule has 0 amide bonds. The highest BCUT2D eigenvalue weighted by molar-refractivity contribution is 7.16. The van der Waals surface area contributed by atoms with Crippen molar-refractivity contribution in [2.24, 2.45) is 0 Å². The molecule has 0 fully saturated rings. The second kappa shape index (κ2) is 53.9. The van der Waals surface area contributed by atoms with Gasteiger partial charge in [0.25, 0.3) is 0 Å². The van der Waals surface area contributed by atoms with Crippen LogP contribution in [-0.4, -0.2) is 160 Å². The highest BCUT2D eigenvalue weighted by atomic mass is 32.1. The first-order valence-corrected chi connectivity index (χ1v) is 38.5. The third-order valence-electron chi connectivity index (χ3n) is 16.9. The first kappa shape index (κ1) is 81.7. The lowest BCUT2D eigenvalue weighted by molar-refractivity contribution is 0.0146. The van der Waals surface area contributed by atoms with Crippen molar-refractivity contribution < 1.29 is 71.1 Å². The molecule has 0 saturated carbocycles. The summed E-state index contributed by atoms with van der Waals surface area (Å²) >= 11 is 3.66. The fourth-order valence-corrected chi connectivity index (χ4v) is 13.7. The Bertz CT molecular complexity index is 2320. The van der Waals surface area contributed by atoms with Crippen LogP contribution in [0.3, 0.4) is 0 Å². The van der Waals surface area contributed by atoms with Crippen molar-refractivity contribution >= 4 is 33.8 Å². The van der Waals surface area contributed by atoms with Crippen molar-refractivity contribution in [2.45, 2.75) is 208 Å². The molecule has 1 aliphatic rings. The Hall–Kier alpha value is -3.98. The SMILES string of the molecule is CCCCCCCCCCOc1cc(-c2cc(C3=C(c4cc(-c5cc(OCCOCCOCCOC)c(OCCOCCOCCOC)c(OCCOCCOCCOC)c5)sc4C)CCC3)c(C)s2)cc(OCCCCCCCCCC)c1OCCCCCCCCCC. The van der Waals surface area contributed by atoms with Gasteiger partial charge in [-0.2, -0.15) is 0 Å². The Kier molecular flexibility index (Phi) is 46.4. The molecule has 15 nitrogen and oxygen atoms in total. The fourth-order valence-electron chi connectivity index (χ4n) is 11.6. The summed E-state index contributed by atoms with van der Waals surface area (Å²) in [6.45, 7) is 21.1. The second-order valence-corrected chi connectivity index (χ2v) is 27.3. The Morgan fingerprint density at radius 3 is 0.853 bits per heavy atom. The monoisotopic (exact) mass is 1370 g/mol. The van der Waals surface area contributed by atoms with Crippen molar-refractivity contribution in [2.75, 3.05) is 160 Å². The highest BCUT2D eigenvalue weighted by Crippen LogP contribution is 2.50. The number of allylic oxidation sites excluding steroid dienone is 2. The zero-order valence-corrected chi connectivity index (χ0v) is 62.0. The third kappa shape index (κ3) is 33.6. The number of ether oxygens (including phenoxy) is 15. The van der Waals surface area contributed by atoms with E-state index in [1.807, 2.05) is 11.3 Å². The van der Waals surface area contributed by atoms with Gasteiger partial charge in [-0.25, -0.2) is 0 Å². The van der Waals surface area contributed by atoms with Gasteiger partial charge in [-0.05, 0) is 122 Å². The molecule has 0 bridgehead atoms. The summed E-state index contributed by atoms with van der Waals surface area (Å²) in [7, 11) is 4.98. The maximum atomic E-state index is 6.86. The van der Waals surface area contributed by atoms with Gasteiger partial charge in [0.15, 0.2) is 23.0 Å². The smallest absolute Gasteiger partial charge is 0.203 e. The lowest BCUT2D eigenvalue weighted by Crippen LogP contribution is -2.15. The predicted octanol–water partition coefficient (Wildman–Crippen LogP) is 19.6. The second-order valence-electron chi connectivity index (χ2n) is 24.7. The average Bonchev–Trinajstić information content (AvgIpc) is 1.64. The first-order chi connectivity index (χ1) is 46.9. The summed E-state index contributed by atoms with van der Waals surface area (Å²) in [4.78, 5) is 4.89. The van der Waals surface area contributed by atoms with Crippen molar-refractivity contribution in [1.29, 1.82) is 0 Å². The average molecular weight is 1370 g/mol. The van der Waals surface area contributed by atoms with Crippen LogP contribution in [0.4, 0.5) is 0 Å². The molecule has 17 heteroatoms. The first-order valence-electron chi connectivity index (χ1n) is 36.9. The summed E-state index contributed by atoms with van der Waals surface area (Å²) in [5.74, 6) is 3.96. The van der Waals surface area contributed by atoms with Crippen molar-refractivity contribution in [1.82, 2.24) is 0 Å². The maximum absolute atomic E-state index is 6.86. The van der Waals surface area contributed by atoms with Crippen LogP contribution in [0.1, 0.15) is 215 Å². The van der Waals surface area contributed by atoms with Crippen LogP contribution >= 0.6 is 22.7 Å². The Labute approximate surface area is 582 Å². The number of rotatable bonds is 64. The molecule has 4 aromatic rings. The van der Waals surface area contributed by atoms with Gasteiger partial charge in [-0.15, -0.1) is 22.7 Å². The van der Waals surface area contributed by atoms with Crippen molar-refractivity contribution in [3.05, 3.63) is 57.3 Å². The van der Waals surface area contributed by atoms with E-state index in [1.165, 1.54) is 172 Å². The van der Waals surface area contributed by atoms with E-state index < -0.39 is 0 Å². The molecule has 0 radical (unpaired) electrons. The van der Waals surface area contributed by atoms with Gasteiger partial charge >= 0.3 is 0 Å². The van der Waals surface area contributed by atoms with Crippen molar-refractivity contribution in [3.63, 3.8) is 0 Å². The van der Waals surface area contributed by atoms with E-state index in [4.69, 9.17) is 71.1 Å². The molecule has 95 heavy (non-hydrogen) atoms. The third-order valence-corrected chi connectivity index (χ3v) is 19.1. The molecule has 0 spiro atoms. The summed E-state index contributed by atoms with van der Waals surface area (Å²) < 4.78 is 90.2.